The molecule has 0 aromatic heterocycles. The zero-order valence-electron chi connectivity index (χ0n) is 10.6. The van der Waals surface area contributed by atoms with Crippen LogP contribution in [-0.4, -0.2) is 6.54 Å². The fourth-order valence-corrected chi connectivity index (χ4v) is 2.49. The Morgan fingerprint density at radius 3 is 3.00 bits per heavy atom. The Morgan fingerprint density at radius 1 is 1.35 bits per heavy atom. The normalized spacial score (nSPS) is 15.3. The maximum atomic E-state index is 5.24. The van der Waals surface area contributed by atoms with Crippen molar-refractivity contribution in [2.24, 2.45) is 0 Å². The van der Waals surface area contributed by atoms with E-state index in [0.29, 0.717) is 6.04 Å². The summed E-state index contributed by atoms with van der Waals surface area (Å²) < 4.78 is 0. The lowest BCUT2D eigenvalue weighted by Crippen LogP contribution is -2.19. The second-order valence-corrected chi connectivity index (χ2v) is 4.87. The van der Waals surface area contributed by atoms with Gasteiger partial charge in [-0.3, -0.25) is 0 Å². The third-order valence-corrected chi connectivity index (χ3v) is 3.57. The van der Waals surface area contributed by atoms with Gasteiger partial charge in [-0.25, -0.2) is 0 Å². The van der Waals surface area contributed by atoms with Crippen LogP contribution in [0.5, 0.6) is 0 Å². The first kappa shape index (κ1) is 12.2. The second-order valence-electron chi connectivity index (χ2n) is 4.87. The lowest BCUT2D eigenvalue weighted by molar-refractivity contribution is 0.562. The summed E-state index contributed by atoms with van der Waals surface area (Å²) >= 11 is 0. The van der Waals surface area contributed by atoms with Crippen molar-refractivity contribution in [1.82, 2.24) is 5.32 Å². The molecule has 1 heteroatoms. The topological polar surface area (TPSA) is 12.0 Å². The molecule has 0 amide bonds. The molecule has 1 N–H and O–H groups in total. The average molecular weight is 227 g/mol. The van der Waals surface area contributed by atoms with Gasteiger partial charge in [0.05, 0.1) is 0 Å². The number of unbranched alkanes of at least 4 members (excludes halogenated alkanes) is 1. The van der Waals surface area contributed by atoms with E-state index in [2.05, 4.69) is 36.4 Å². The molecule has 1 aromatic rings. The van der Waals surface area contributed by atoms with Crippen molar-refractivity contribution in [2.45, 2.75) is 45.1 Å². The Labute approximate surface area is 105 Å². The van der Waals surface area contributed by atoms with Crippen LogP contribution in [-0.2, 0) is 12.8 Å². The van der Waals surface area contributed by atoms with E-state index in [1.807, 2.05) is 0 Å². The first-order valence-electron chi connectivity index (χ1n) is 6.60. The summed E-state index contributed by atoms with van der Waals surface area (Å²) in [5.41, 5.74) is 4.51. The summed E-state index contributed by atoms with van der Waals surface area (Å²) in [5, 5.41) is 3.53. The summed E-state index contributed by atoms with van der Waals surface area (Å²) in [5.74, 6) is 2.68. The van der Waals surface area contributed by atoms with E-state index in [1.54, 1.807) is 11.1 Å². The summed E-state index contributed by atoms with van der Waals surface area (Å²) in [4.78, 5) is 0. The number of rotatable bonds is 5. The molecule has 1 atom stereocenters. The average Bonchev–Trinajstić information content (AvgIpc) is 2.81. The molecular formula is C16H21N. The highest BCUT2D eigenvalue weighted by Crippen LogP contribution is 2.25. The van der Waals surface area contributed by atoms with Crippen LogP contribution in [0.1, 0.15) is 48.9 Å². The predicted molar refractivity (Wildman–Crippen MR) is 73.0 cm³/mol. The summed E-state index contributed by atoms with van der Waals surface area (Å²) in [7, 11) is 0. The summed E-state index contributed by atoms with van der Waals surface area (Å²) in [6, 6.07) is 7.38. The number of terminal acetylenes is 1. The van der Waals surface area contributed by atoms with Crippen molar-refractivity contribution in [3.8, 4) is 12.3 Å². The minimum Gasteiger partial charge on any atom is -0.310 e. The maximum Gasteiger partial charge on any atom is 0.0291 e. The van der Waals surface area contributed by atoms with Crippen LogP contribution in [0.4, 0.5) is 0 Å². The first-order chi connectivity index (χ1) is 8.31. The van der Waals surface area contributed by atoms with Gasteiger partial charge in [0.15, 0.2) is 0 Å². The van der Waals surface area contributed by atoms with Crippen LogP contribution in [0.15, 0.2) is 18.2 Å². The molecule has 90 valence electrons. The number of nitrogens with one attached hydrogen (secondary N) is 1. The van der Waals surface area contributed by atoms with Gasteiger partial charge in [-0.2, -0.15) is 0 Å². The van der Waals surface area contributed by atoms with Crippen LogP contribution >= 0.6 is 0 Å². The smallest absolute Gasteiger partial charge is 0.0291 e. The highest BCUT2D eigenvalue weighted by Gasteiger charge is 2.12. The van der Waals surface area contributed by atoms with Crippen molar-refractivity contribution in [3.63, 3.8) is 0 Å². The highest BCUT2D eigenvalue weighted by molar-refractivity contribution is 5.36. The number of benzene rings is 1. The van der Waals surface area contributed by atoms with E-state index >= 15 is 0 Å². The fraction of sp³-hybridized carbons (Fsp3) is 0.500. The Hall–Kier alpha value is -1.26. The molecule has 1 nitrogen and oxygen atoms in total. The molecule has 0 aliphatic heterocycles. The number of fused-ring (bicyclic) bond motifs is 1. The Bertz CT molecular complexity index is 414. The van der Waals surface area contributed by atoms with Gasteiger partial charge in [0.1, 0.15) is 0 Å². The van der Waals surface area contributed by atoms with Gasteiger partial charge in [0, 0.05) is 12.5 Å². The molecule has 17 heavy (non-hydrogen) atoms. The Balaban J connectivity index is 1.91. The van der Waals surface area contributed by atoms with Crippen molar-refractivity contribution in [1.29, 1.82) is 0 Å². The van der Waals surface area contributed by atoms with Crippen molar-refractivity contribution in [2.75, 3.05) is 6.54 Å². The number of hydrogen-bond donors (Lipinski definition) is 1. The van der Waals surface area contributed by atoms with Gasteiger partial charge in [0.2, 0.25) is 0 Å². The molecule has 1 aliphatic rings. The third-order valence-electron chi connectivity index (χ3n) is 3.57. The third kappa shape index (κ3) is 3.11. The van der Waals surface area contributed by atoms with Gasteiger partial charge >= 0.3 is 0 Å². The lowest BCUT2D eigenvalue weighted by Gasteiger charge is -2.15. The SMILES string of the molecule is C#CCCCNC(C)c1ccc2c(c1)CCC2. The molecule has 1 aliphatic carbocycles. The zero-order valence-corrected chi connectivity index (χ0v) is 10.6. The fourth-order valence-electron chi connectivity index (χ4n) is 2.49. The summed E-state index contributed by atoms with van der Waals surface area (Å²) in [6.45, 7) is 3.23. The van der Waals surface area contributed by atoms with Crippen LogP contribution in [0.3, 0.4) is 0 Å². The van der Waals surface area contributed by atoms with Crippen molar-refractivity contribution >= 4 is 0 Å². The molecule has 0 saturated carbocycles. The molecule has 0 fully saturated rings. The molecule has 0 radical (unpaired) electrons. The molecule has 0 spiro atoms. The van der Waals surface area contributed by atoms with Crippen LogP contribution in [0, 0.1) is 12.3 Å². The van der Waals surface area contributed by atoms with E-state index < -0.39 is 0 Å². The molecule has 0 bridgehead atoms. The first-order valence-corrected chi connectivity index (χ1v) is 6.60. The Kier molecular flexibility index (Phi) is 4.23. The van der Waals surface area contributed by atoms with Crippen LogP contribution < -0.4 is 5.32 Å². The van der Waals surface area contributed by atoms with Crippen LogP contribution in [0.25, 0.3) is 0 Å². The number of aryl methyl sites for hydroxylation is 2. The van der Waals surface area contributed by atoms with Gasteiger partial charge in [-0.1, -0.05) is 18.2 Å². The van der Waals surface area contributed by atoms with Gasteiger partial charge in [-0.15, -0.1) is 12.3 Å². The Morgan fingerprint density at radius 2 is 2.18 bits per heavy atom. The lowest BCUT2D eigenvalue weighted by atomic mass is 10.0. The van der Waals surface area contributed by atoms with Gasteiger partial charge in [0.25, 0.3) is 0 Å². The zero-order chi connectivity index (χ0) is 12.1. The quantitative estimate of drug-likeness (QED) is 0.601. The molecular weight excluding hydrogens is 206 g/mol. The van der Waals surface area contributed by atoms with Crippen molar-refractivity contribution < 1.29 is 0 Å². The monoisotopic (exact) mass is 227 g/mol. The second kappa shape index (κ2) is 5.89. The van der Waals surface area contributed by atoms with Gasteiger partial charge < -0.3 is 5.32 Å². The highest BCUT2D eigenvalue weighted by atomic mass is 14.9. The standard InChI is InChI=1S/C16H21N/c1-3-4-5-11-17-13(2)15-10-9-14-7-6-8-16(14)12-15/h1,9-10,12-13,17H,4-8,11H2,2H3. The minimum atomic E-state index is 0.429. The van der Waals surface area contributed by atoms with Crippen LogP contribution in [0.2, 0.25) is 0 Å². The molecule has 2 rings (SSSR count). The largest absolute Gasteiger partial charge is 0.310 e. The van der Waals surface area contributed by atoms with E-state index in [9.17, 15) is 0 Å². The molecule has 1 unspecified atom stereocenters. The van der Waals surface area contributed by atoms with E-state index in [0.717, 1.165) is 19.4 Å². The van der Waals surface area contributed by atoms with Gasteiger partial charge in [-0.05, 0) is 55.8 Å². The summed E-state index contributed by atoms with van der Waals surface area (Å²) in [6.07, 6.45) is 11.0. The predicted octanol–water partition coefficient (Wildman–Crippen LogP) is 3.24. The minimum absolute atomic E-state index is 0.429. The molecule has 1 aromatic carbocycles. The number of hydrogen-bond acceptors (Lipinski definition) is 1. The van der Waals surface area contributed by atoms with E-state index in [-0.39, 0.29) is 0 Å². The van der Waals surface area contributed by atoms with E-state index in [1.165, 1.54) is 24.8 Å². The maximum absolute atomic E-state index is 5.24. The van der Waals surface area contributed by atoms with Crippen molar-refractivity contribution in [3.05, 3.63) is 34.9 Å². The molecule has 0 saturated heterocycles. The van der Waals surface area contributed by atoms with E-state index in [4.69, 9.17) is 6.42 Å². The molecule has 0 heterocycles.